The first-order chi connectivity index (χ1) is 10.0. The van der Waals surface area contributed by atoms with Crippen molar-refractivity contribution in [3.63, 3.8) is 0 Å². The molecule has 2 heterocycles. The average Bonchev–Trinajstić information content (AvgIpc) is 3.00. The van der Waals surface area contributed by atoms with Gasteiger partial charge in [-0.25, -0.2) is 9.79 Å². The van der Waals surface area contributed by atoms with Gasteiger partial charge in [-0.3, -0.25) is 0 Å². The molecule has 0 radical (unpaired) electrons. The largest absolute Gasteiger partial charge is 0.402 e. The summed E-state index contributed by atoms with van der Waals surface area (Å²) in [5.74, 6) is -0.263. The first-order valence-electron chi connectivity index (χ1n) is 5.75. The van der Waals surface area contributed by atoms with Crippen LogP contribution in [0.15, 0.2) is 44.8 Å². The Kier molecular flexibility index (Phi) is 4.17. The van der Waals surface area contributed by atoms with Crippen LogP contribution in [0.2, 0.25) is 10.0 Å². The summed E-state index contributed by atoms with van der Waals surface area (Å²) in [6.45, 7) is 0. The van der Waals surface area contributed by atoms with Gasteiger partial charge < -0.3 is 4.74 Å². The average molecular weight is 403 g/mol. The summed E-state index contributed by atoms with van der Waals surface area (Å²) in [6.07, 6.45) is 1.68. The summed E-state index contributed by atoms with van der Waals surface area (Å²) in [5.41, 5.74) is 0.860. The van der Waals surface area contributed by atoms with E-state index >= 15 is 0 Å². The molecule has 21 heavy (non-hydrogen) atoms. The molecule has 3 rings (SSSR count). The lowest BCUT2D eigenvalue weighted by atomic mass is 10.2. The molecule has 0 atom stereocenters. The summed E-state index contributed by atoms with van der Waals surface area (Å²) < 4.78 is 6.13. The van der Waals surface area contributed by atoms with Gasteiger partial charge >= 0.3 is 5.97 Å². The predicted octanol–water partition coefficient (Wildman–Crippen LogP) is 5.16. The molecule has 0 fully saturated rings. The zero-order chi connectivity index (χ0) is 15.0. The second kappa shape index (κ2) is 5.93. The molecule has 0 spiro atoms. The molecule has 0 saturated heterocycles. The molecular formula is C14H6BrCl2NO2S. The third-order valence-electron chi connectivity index (χ3n) is 2.65. The fraction of sp³-hybridized carbons (Fsp3) is 0. The van der Waals surface area contributed by atoms with E-state index in [-0.39, 0.29) is 11.6 Å². The maximum absolute atomic E-state index is 11.8. The van der Waals surface area contributed by atoms with E-state index in [2.05, 4.69) is 20.9 Å². The van der Waals surface area contributed by atoms with Crippen LogP contribution < -0.4 is 0 Å². The Bertz CT molecular complexity index is 798. The van der Waals surface area contributed by atoms with E-state index < -0.39 is 5.97 Å². The van der Waals surface area contributed by atoms with Crippen molar-refractivity contribution in [2.45, 2.75) is 0 Å². The number of carbonyl (C=O) groups is 1. The lowest BCUT2D eigenvalue weighted by Crippen LogP contribution is -2.05. The van der Waals surface area contributed by atoms with Crippen molar-refractivity contribution in [3.05, 3.63) is 60.3 Å². The van der Waals surface area contributed by atoms with Crippen LogP contribution in [0.5, 0.6) is 0 Å². The lowest BCUT2D eigenvalue weighted by Gasteiger charge is -2.01. The molecule has 0 saturated carbocycles. The third kappa shape index (κ3) is 3.21. The van der Waals surface area contributed by atoms with Crippen LogP contribution in [0.3, 0.4) is 0 Å². The van der Waals surface area contributed by atoms with E-state index in [1.807, 2.05) is 11.4 Å². The third-order valence-corrected chi connectivity index (χ3v) is 5.03. The standard InChI is InChI=1S/C14H6BrCl2NO2S/c15-8-4-9(21-6-8)5-12-14(19)20-13(18-12)7-1-2-10(16)11(17)3-7/h1-6H. The SMILES string of the molecule is O=C1OC(c2ccc(Cl)c(Cl)c2)=NC1=Cc1cc(Br)cs1. The van der Waals surface area contributed by atoms with Gasteiger partial charge in [-0.2, -0.15) is 0 Å². The zero-order valence-electron chi connectivity index (χ0n) is 10.3. The molecule has 1 aliphatic rings. The van der Waals surface area contributed by atoms with Gasteiger partial charge in [0, 0.05) is 20.3 Å². The predicted molar refractivity (Wildman–Crippen MR) is 89.1 cm³/mol. The van der Waals surface area contributed by atoms with Crippen LogP contribution in [0, 0.1) is 0 Å². The summed E-state index contributed by atoms with van der Waals surface area (Å²) in [5, 5.41) is 2.74. The highest BCUT2D eigenvalue weighted by atomic mass is 79.9. The molecule has 7 heteroatoms. The molecule has 1 aliphatic heterocycles. The number of halogens is 3. The maximum Gasteiger partial charge on any atom is 0.363 e. The van der Waals surface area contributed by atoms with E-state index in [1.54, 1.807) is 24.3 Å². The quantitative estimate of drug-likeness (QED) is 0.513. The van der Waals surface area contributed by atoms with Crippen molar-refractivity contribution >= 4 is 68.4 Å². The molecular weight excluding hydrogens is 397 g/mol. The molecule has 0 bridgehead atoms. The van der Waals surface area contributed by atoms with E-state index in [0.717, 1.165) is 9.35 Å². The Labute approximate surface area is 143 Å². The number of aliphatic imine (C=N–C) groups is 1. The highest BCUT2D eigenvalue weighted by Gasteiger charge is 2.24. The number of esters is 1. The molecule has 3 nitrogen and oxygen atoms in total. The van der Waals surface area contributed by atoms with E-state index in [0.29, 0.717) is 15.6 Å². The summed E-state index contributed by atoms with van der Waals surface area (Å²) in [7, 11) is 0. The van der Waals surface area contributed by atoms with Crippen LogP contribution in [0.4, 0.5) is 0 Å². The number of carbonyl (C=O) groups excluding carboxylic acids is 1. The molecule has 0 aliphatic carbocycles. The molecule has 0 amide bonds. The van der Waals surface area contributed by atoms with Crippen LogP contribution >= 0.6 is 50.5 Å². The highest BCUT2D eigenvalue weighted by molar-refractivity contribution is 9.10. The van der Waals surface area contributed by atoms with Crippen molar-refractivity contribution in [3.8, 4) is 0 Å². The van der Waals surface area contributed by atoms with Crippen molar-refractivity contribution in [1.29, 1.82) is 0 Å². The summed E-state index contributed by atoms with van der Waals surface area (Å²) in [4.78, 5) is 17.0. The van der Waals surface area contributed by atoms with Gasteiger partial charge in [0.05, 0.1) is 10.0 Å². The van der Waals surface area contributed by atoms with Crippen molar-refractivity contribution in [1.82, 2.24) is 0 Å². The monoisotopic (exact) mass is 401 g/mol. The van der Waals surface area contributed by atoms with Gasteiger partial charge in [-0.15, -0.1) is 11.3 Å². The Balaban J connectivity index is 1.95. The Morgan fingerprint density at radius 1 is 1.24 bits per heavy atom. The Morgan fingerprint density at radius 2 is 2.05 bits per heavy atom. The lowest BCUT2D eigenvalue weighted by molar-refractivity contribution is -0.129. The minimum Gasteiger partial charge on any atom is -0.402 e. The number of benzene rings is 1. The van der Waals surface area contributed by atoms with Crippen molar-refractivity contribution in [2.24, 2.45) is 4.99 Å². The van der Waals surface area contributed by atoms with Gasteiger partial charge in [0.2, 0.25) is 5.90 Å². The van der Waals surface area contributed by atoms with Crippen molar-refractivity contribution < 1.29 is 9.53 Å². The fourth-order valence-corrected chi connectivity index (χ4v) is 3.37. The number of cyclic esters (lactones) is 1. The van der Waals surface area contributed by atoms with Gasteiger partial charge in [-0.1, -0.05) is 23.2 Å². The minimum absolute atomic E-state index is 0.223. The number of thiophene rings is 1. The van der Waals surface area contributed by atoms with E-state index in [1.165, 1.54) is 11.3 Å². The van der Waals surface area contributed by atoms with Crippen LogP contribution in [0.1, 0.15) is 10.4 Å². The normalized spacial score (nSPS) is 16.2. The number of rotatable bonds is 2. The second-order valence-corrected chi connectivity index (χ2v) is 6.81. The van der Waals surface area contributed by atoms with Gasteiger partial charge in [0.1, 0.15) is 0 Å². The van der Waals surface area contributed by atoms with Gasteiger partial charge in [0.25, 0.3) is 0 Å². The maximum atomic E-state index is 11.8. The first kappa shape index (κ1) is 14.8. The van der Waals surface area contributed by atoms with Gasteiger partial charge in [-0.05, 0) is 46.3 Å². The molecule has 2 aromatic rings. The Morgan fingerprint density at radius 3 is 2.71 bits per heavy atom. The fourth-order valence-electron chi connectivity index (χ4n) is 1.70. The number of hydrogen-bond donors (Lipinski definition) is 0. The zero-order valence-corrected chi connectivity index (χ0v) is 14.2. The first-order valence-corrected chi connectivity index (χ1v) is 8.18. The van der Waals surface area contributed by atoms with Crippen LogP contribution in [0.25, 0.3) is 6.08 Å². The van der Waals surface area contributed by atoms with Gasteiger partial charge in [0.15, 0.2) is 5.70 Å². The Hall–Kier alpha value is -1.14. The molecule has 106 valence electrons. The highest BCUT2D eigenvalue weighted by Crippen LogP contribution is 2.27. The second-order valence-electron chi connectivity index (χ2n) is 4.13. The van der Waals surface area contributed by atoms with Crippen molar-refractivity contribution in [2.75, 3.05) is 0 Å². The van der Waals surface area contributed by atoms with E-state index in [4.69, 9.17) is 27.9 Å². The number of ether oxygens (including phenoxy) is 1. The van der Waals surface area contributed by atoms with E-state index in [9.17, 15) is 4.79 Å². The summed E-state index contributed by atoms with van der Waals surface area (Å²) >= 11 is 16.7. The van der Waals surface area contributed by atoms with Crippen LogP contribution in [-0.4, -0.2) is 11.9 Å². The smallest absolute Gasteiger partial charge is 0.363 e. The number of hydrogen-bond acceptors (Lipinski definition) is 4. The topological polar surface area (TPSA) is 38.7 Å². The molecule has 1 aromatic carbocycles. The minimum atomic E-state index is -0.486. The summed E-state index contributed by atoms with van der Waals surface area (Å²) in [6, 6.07) is 6.84. The molecule has 0 N–H and O–H groups in total. The number of nitrogens with zero attached hydrogens (tertiary/aromatic N) is 1. The molecule has 1 aromatic heterocycles. The molecule has 0 unspecified atom stereocenters. The van der Waals surface area contributed by atoms with Crippen LogP contribution in [-0.2, 0) is 9.53 Å².